The van der Waals surface area contributed by atoms with Crippen LogP contribution in [0.15, 0.2) is 11.1 Å². The van der Waals surface area contributed by atoms with Gasteiger partial charge in [0.1, 0.15) is 0 Å². The molecule has 0 spiro atoms. The number of aromatic nitrogens is 2. The summed E-state index contributed by atoms with van der Waals surface area (Å²) in [5, 5.41) is 3.18. The maximum Gasteiger partial charge on any atom is 0.295 e. The minimum Gasteiger partial charge on any atom is -0.489 e. The molecule has 2 N–H and O–H groups in total. The quantitative estimate of drug-likeness (QED) is 0.781. The molecule has 0 amide bonds. The number of nitrogens with one attached hydrogen (secondary N) is 2. The van der Waals surface area contributed by atoms with Gasteiger partial charge in [-0.1, -0.05) is 0 Å². The number of hydrogen-bond acceptors (Lipinski definition) is 5. The zero-order valence-electron chi connectivity index (χ0n) is 10.2. The third kappa shape index (κ3) is 2.76. The van der Waals surface area contributed by atoms with E-state index < -0.39 is 0 Å². The van der Waals surface area contributed by atoms with Gasteiger partial charge in [0, 0.05) is 13.1 Å². The zero-order valence-corrected chi connectivity index (χ0v) is 10.2. The first-order valence-corrected chi connectivity index (χ1v) is 5.74. The molecule has 0 bridgehead atoms. The number of rotatable bonds is 4. The fourth-order valence-corrected chi connectivity index (χ4v) is 2.14. The van der Waals surface area contributed by atoms with E-state index in [4.69, 9.17) is 4.74 Å². The second-order valence-corrected chi connectivity index (χ2v) is 4.41. The lowest BCUT2D eigenvalue weighted by Gasteiger charge is -2.13. The maximum atomic E-state index is 11.5. The Hall–Kier alpha value is -1.56. The molecule has 0 saturated carbocycles. The van der Waals surface area contributed by atoms with E-state index in [-0.39, 0.29) is 11.3 Å². The Balaban J connectivity index is 1.99. The van der Waals surface area contributed by atoms with Crippen molar-refractivity contribution in [2.75, 3.05) is 39.1 Å². The molecule has 1 aromatic rings. The lowest BCUT2D eigenvalue weighted by atomic mass is 10.1. The zero-order chi connectivity index (χ0) is 12.3. The molecule has 94 valence electrons. The number of ether oxygens (including phenoxy) is 1. The Morgan fingerprint density at radius 3 is 3.18 bits per heavy atom. The molecule has 1 aliphatic heterocycles. The smallest absolute Gasteiger partial charge is 0.295 e. The van der Waals surface area contributed by atoms with Crippen LogP contribution in [0, 0.1) is 5.92 Å². The van der Waals surface area contributed by atoms with Crippen molar-refractivity contribution in [3.8, 4) is 5.75 Å². The molecule has 2 rings (SSSR count). The van der Waals surface area contributed by atoms with E-state index in [2.05, 4.69) is 27.2 Å². The fourth-order valence-electron chi connectivity index (χ4n) is 2.14. The molecule has 0 radical (unpaired) electrons. The van der Waals surface area contributed by atoms with E-state index in [9.17, 15) is 4.79 Å². The van der Waals surface area contributed by atoms with Crippen LogP contribution in [0.5, 0.6) is 5.75 Å². The number of nitrogens with zero attached hydrogens (tertiary/aromatic N) is 2. The molecule has 1 aromatic heterocycles. The van der Waals surface area contributed by atoms with Crippen LogP contribution in [0.3, 0.4) is 0 Å². The molecule has 6 heteroatoms. The number of hydrogen-bond donors (Lipinski definition) is 2. The average molecular weight is 238 g/mol. The van der Waals surface area contributed by atoms with Crippen LogP contribution in [-0.4, -0.2) is 48.7 Å². The highest BCUT2D eigenvalue weighted by molar-refractivity contribution is 5.47. The van der Waals surface area contributed by atoms with Gasteiger partial charge in [-0.3, -0.25) is 4.79 Å². The van der Waals surface area contributed by atoms with Gasteiger partial charge in [-0.15, -0.1) is 0 Å². The first kappa shape index (κ1) is 11.9. The number of likely N-dealkylation sites (tertiary alicyclic amines) is 1. The molecule has 0 aliphatic carbocycles. The van der Waals surface area contributed by atoms with Crippen LogP contribution in [0.4, 0.5) is 5.82 Å². The van der Waals surface area contributed by atoms with Gasteiger partial charge in [0.2, 0.25) is 5.75 Å². The van der Waals surface area contributed by atoms with Crippen LogP contribution in [0.1, 0.15) is 6.42 Å². The van der Waals surface area contributed by atoms with Crippen LogP contribution >= 0.6 is 0 Å². The standard InChI is InChI=1S/C11H18N4O2/c1-15-4-3-8(6-15)5-12-10-9(17-2)11(16)14-7-13-10/h7-8H,3-6H2,1-2H3,(H2,12,13,14,16). The van der Waals surface area contributed by atoms with Gasteiger partial charge in [-0.25, -0.2) is 4.98 Å². The summed E-state index contributed by atoms with van der Waals surface area (Å²) in [6.45, 7) is 3.03. The Kier molecular flexibility index (Phi) is 3.63. The third-order valence-electron chi connectivity index (χ3n) is 3.06. The Morgan fingerprint density at radius 2 is 2.53 bits per heavy atom. The van der Waals surface area contributed by atoms with Gasteiger partial charge >= 0.3 is 0 Å². The van der Waals surface area contributed by atoms with Crippen molar-refractivity contribution in [2.45, 2.75) is 6.42 Å². The van der Waals surface area contributed by atoms with Gasteiger partial charge in [0.05, 0.1) is 13.4 Å². The summed E-state index contributed by atoms with van der Waals surface area (Å²) in [6.07, 6.45) is 2.56. The summed E-state index contributed by atoms with van der Waals surface area (Å²) < 4.78 is 5.03. The summed E-state index contributed by atoms with van der Waals surface area (Å²) in [4.78, 5) is 20.3. The van der Waals surface area contributed by atoms with Crippen molar-refractivity contribution in [3.63, 3.8) is 0 Å². The van der Waals surface area contributed by atoms with E-state index in [0.717, 1.165) is 19.6 Å². The van der Waals surface area contributed by atoms with E-state index >= 15 is 0 Å². The van der Waals surface area contributed by atoms with Gasteiger partial charge < -0.3 is 19.9 Å². The number of anilines is 1. The van der Waals surface area contributed by atoms with Crippen molar-refractivity contribution in [1.82, 2.24) is 14.9 Å². The molecule has 6 nitrogen and oxygen atoms in total. The summed E-state index contributed by atoms with van der Waals surface area (Å²) in [7, 11) is 3.59. The summed E-state index contributed by atoms with van der Waals surface area (Å²) in [5.74, 6) is 1.37. The molecule has 1 unspecified atom stereocenters. The molecule has 2 heterocycles. The Bertz CT molecular complexity index is 432. The number of methoxy groups -OCH3 is 1. The van der Waals surface area contributed by atoms with Crippen LogP contribution in [0.25, 0.3) is 0 Å². The highest BCUT2D eigenvalue weighted by Crippen LogP contribution is 2.18. The predicted molar refractivity (Wildman–Crippen MR) is 65.5 cm³/mol. The SMILES string of the molecule is COc1c(NCC2CCN(C)C2)nc[nH]c1=O. The highest BCUT2D eigenvalue weighted by atomic mass is 16.5. The van der Waals surface area contributed by atoms with Crippen molar-refractivity contribution in [2.24, 2.45) is 5.92 Å². The van der Waals surface area contributed by atoms with Crippen LogP contribution in [0.2, 0.25) is 0 Å². The van der Waals surface area contributed by atoms with E-state index in [0.29, 0.717) is 11.7 Å². The van der Waals surface area contributed by atoms with E-state index in [1.807, 2.05) is 0 Å². The summed E-state index contributed by atoms with van der Waals surface area (Å²) in [5.41, 5.74) is -0.256. The Morgan fingerprint density at radius 1 is 1.71 bits per heavy atom. The second kappa shape index (κ2) is 5.18. The van der Waals surface area contributed by atoms with Crippen molar-refractivity contribution < 1.29 is 4.74 Å². The molecule has 17 heavy (non-hydrogen) atoms. The van der Waals surface area contributed by atoms with Crippen LogP contribution in [-0.2, 0) is 0 Å². The van der Waals surface area contributed by atoms with Gasteiger partial charge in [0.15, 0.2) is 5.82 Å². The minimum absolute atomic E-state index is 0.249. The molecule has 0 aromatic carbocycles. The van der Waals surface area contributed by atoms with Crippen molar-refractivity contribution in [1.29, 1.82) is 0 Å². The lowest BCUT2D eigenvalue weighted by Crippen LogP contribution is -2.21. The fraction of sp³-hybridized carbons (Fsp3) is 0.636. The van der Waals surface area contributed by atoms with Gasteiger partial charge in [-0.05, 0) is 25.9 Å². The average Bonchev–Trinajstić information content (AvgIpc) is 2.72. The molecule has 1 atom stereocenters. The molecule has 1 saturated heterocycles. The van der Waals surface area contributed by atoms with E-state index in [1.54, 1.807) is 0 Å². The minimum atomic E-state index is -0.256. The first-order chi connectivity index (χ1) is 8.20. The number of aromatic amines is 1. The Labute approximate surface area is 100 Å². The van der Waals surface area contributed by atoms with Gasteiger partial charge in [-0.2, -0.15) is 0 Å². The summed E-state index contributed by atoms with van der Waals surface area (Å²) >= 11 is 0. The number of H-pyrrole nitrogens is 1. The first-order valence-electron chi connectivity index (χ1n) is 5.74. The highest BCUT2D eigenvalue weighted by Gasteiger charge is 2.20. The third-order valence-corrected chi connectivity index (χ3v) is 3.06. The molecule has 1 aliphatic rings. The predicted octanol–water partition coefficient (Wildman–Crippen LogP) is 0.142. The normalized spacial score (nSPS) is 20.5. The second-order valence-electron chi connectivity index (χ2n) is 4.41. The molecular weight excluding hydrogens is 220 g/mol. The van der Waals surface area contributed by atoms with Crippen LogP contribution < -0.4 is 15.6 Å². The van der Waals surface area contributed by atoms with E-state index in [1.165, 1.54) is 19.9 Å². The van der Waals surface area contributed by atoms with Gasteiger partial charge in [0.25, 0.3) is 5.56 Å². The van der Waals surface area contributed by atoms with Crippen molar-refractivity contribution in [3.05, 3.63) is 16.7 Å². The summed E-state index contributed by atoms with van der Waals surface area (Å²) in [6, 6.07) is 0. The molecule has 1 fully saturated rings. The monoisotopic (exact) mass is 238 g/mol. The largest absolute Gasteiger partial charge is 0.489 e. The molecular formula is C11H18N4O2. The lowest BCUT2D eigenvalue weighted by molar-refractivity contribution is 0.397. The topological polar surface area (TPSA) is 70.2 Å². The van der Waals surface area contributed by atoms with Crippen molar-refractivity contribution >= 4 is 5.82 Å². The maximum absolute atomic E-state index is 11.5.